The molecule has 2 rings (SSSR count). The summed E-state index contributed by atoms with van der Waals surface area (Å²) in [6, 6.07) is 6.05. The van der Waals surface area contributed by atoms with Crippen LogP contribution in [0.15, 0.2) is 18.2 Å². The van der Waals surface area contributed by atoms with Gasteiger partial charge in [0, 0.05) is 13.2 Å². The van der Waals surface area contributed by atoms with Crippen LogP contribution in [-0.2, 0) is 22.4 Å². The minimum absolute atomic E-state index is 0.0552. The highest BCUT2D eigenvalue weighted by molar-refractivity contribution is 7.80. The average Bonchev–Trinajstić information content (AvgIpc) is 2.98. The highest BCUT2D eigenvalue weighted by atomic mass is 32.1. The van der Waals surface area contributed by atoms with E-state index in [9.17, 15) is 4.79 Å². The average molecular weight is 337 g/mol. The summed E-state index contributed by atoms with van der Waals surface area (Å²) < 4.78 is 10.5. The molecule has 1 aliphatic carbocycles. The SMILES string of the molecule is COC[C@H](C)NC(=S)NNC(=O)COc1ccc2c(c1)CCC2. The Labute approximate surface area is 141 Å². The van der Waals surface area contributed by atoms with Crippen LogP contribution >= 0.6 is 12.2 Å². The molecule has 1 atom stereocenters. The van der Waals surface area contributed by atoms with Gasteiger partial charge in [0.25, 0.3) is 5.91 Å². The zero-order valence-corrected chi connectivity index (χ0v) is 14.3. The molecule has 0 spiro atoms. The lowest BCUT2D eigenvalue weighted by Gasteiger charge is -2.16. The second-order valence-electron chi connectivity index (χ2n) is 5.58. The Kier molecular flexibility index (Phi) is 6.61. The van der Waals surface area contributed by atoms with Crippen LogP contribution in [-0.4, -0.2) is 37.4 Å². The van der Waals surface area contributed by atoms with Gasteiger partial charge in [0.15, 0.2) is 11.7 Å². The number of ether oxygens (including phenoxy) is 2. The summed E-state index contributed by atoms with van der Waals surface area (Å²) in [7, 11) is 1.62. The normalized spacial score (nSPS) is 13.8. The van der Waals surface area contributed by atoms with Crippen LogP contribution < -0.4 is 20.9 Å². The van der Waals surface area contributed by atoms with Crippen LogP contribution in [0.5, 0.6) is 5.75 Å². The summed E-state index contributed by atoms with van der Waals surface area (Å²) in [5.74, 6) is 0.421. The molecule has 6 nitrogen and oxygen atoms in total. The van der Waals surface area contributed by atoms with Crippen molar-refractivity contribution >= 4 is 23.2 Å². The van der Waals surface area contributed by atoms with Gasteiger partial charge in [0.2, 0.25) is 0 Å². The number of benzene rings is 1. The predicted octanol–water partition coefficient (Wildman–Crippen LogP) is 1.08. The molecule has 0 saturated heterocycles. The Hall–Kier alpha value is -1.86. The van der Waals surface area contributed by atoms with Gasteiger partial charge in [0.1, 0.15) is 5.75 Å². The monoisotopic (exact) mass is 337 g/mol. The molecular formula is C16H23N3O3S. The van der Waals surface area contributed by atoms with E-state index in [1.807, 2.05) is 19.1 Å². The number of aryl methyl sites for hydroxylation is 2. The Bertz CT molecular complexity index is 566. The molecule has 0 aliphatic heterocycles. The van der Waals surface area contributed by atoms with Crippen molar-refractivity contribution in [2.45, 2.75) is 32.2 Å². The maximum absolute atomic E-state index is 11.8. The first-order valence-corrected chi connectivity index (χ1v) is 8.08. The quantitative estimate of drug-likeness (QED) is 0.533. The van der Waals surface area contributed by atoms with Crippen LogP contribution in [0.4, 0.5) is 0 Å². The third-order valence-electron chi connectivity index (χ3n) is 3.55. The van der Waals surface area contributed by atoms with E-state index in [4.69, 9.17) is 21.7 Å². The van der Waals surface area contributed by atoms with E-state index < -0.39 is 0 Å². The number of amides is 1. The molecule has 1 amide bonds. The highest BCUT2D eigenvalue weighted by Crippen LogP contribution is 2.25. The minimum atomic E-state index is -0.297. The topological polar surface area (TPSA) is 71.6 Å². The number of rotatable bonds is 6. The third-order valence-corrected chi connectivity index (χ3v) is 3.77. The fourth-order valence-corrected chi connectivity index (χ4v) is 2.75. The van der Waals surface area contributed by atoms with Crippen molar-refractivity contribution in [3.8, 4) is 5.75 Å². The van der Waals surface area contributed by atoms with E-state index in [1.165, 1.54) is 17.5 Å². The van der Waals surface area contributed by atoms with Crippen LogP contribution in [0, 0.1) is 0 Å². The first kappa shape index (κ1) is 17.5. The number of methoxy groups -OCH3 is 1. The van der Waals surface area contributed by atoms with Gasteiger partial charge in [-0.2, -0.15) is 0 Å². The van der Waals surface area contributed by atoms with Gasteiger partial charge in [-0.15, -0.1) is 0 Å². The van der Waals surface area contributed by atoms with E-state index >= 15 is 0 Å². The first-order chi connectivity index (χ1) is 11.1. The Morgan fingerprint density at radius 2 is 2.09 bits per heavy atom. The van der Waals surface area contributed by atoms with Crippen molar-refractivity contribution in [3.63, 3.8) is 0 Å². The van der Waals surface area contributed by atoms with Crippen molar-refractivity contribution < 1.29 is 14.3 Å². The maximum atomic E-state index is 11.8. The Morgan fingerprint density at radius 3 is 2.87 bits per heavy atom. The van der Waals surface area contributed by atoms with Gasteiger partial charge in [-0.25, -0.2) is 0 Å². The molecule has 23 heavy (non-hydrogen) atoms. The lowest BCUT2D eigenvalue weighted by Crippen LogP contribution is -2.50. The van der Waals surface area contributed by atoms with Gasteiger partial charge in [-0.1, -0.05) is 6.07 Å². The lowest BCUT2D eigenvalue weighted by atomic mass is 10.1. The number of nitrogens with one attached hydrogen (secondary N) is 3. The number of carbonyl (C=O) groups is 1. The van der Waals surface area contributed by atoms with Gasteiger partial charge < -0.3 is 14.8 Å². The van der Waals surface area contributed by atoms with E-state index in [0.29, 0.717) is 11.7 Å². The van der Waals surface area contributed by atoms with E-state index in [0.717, 1.165) is 18.6 Å². The minimum Gasteiger partial charge on any atom is -0.484 e. The van der Waals surface area contributed by atoms with Crippen molar-refractivity contribution in [1.29, 1.82) is 0 Å². The lowest BCUT2D eigenvalue weighted by molar-refractivity contribution is -0.123. The summed E-state index contributed by atoms with van der Waals surface area (Å²) in [6.45, 7) is 2.38. The molecule has 0 fully saturated rings. The molecule has 0 radical (unpaired) electrons. The molecule has 3 N–H and O–H groups in total. The molecule has 7 heteroatoms. The standard InChI is InChI=1S/C16H23N3O3S/c1-11(9-21-2)17-16(23)19-18-15(20)10-22-14-7-6-12-4-3-5-13(12)8-14/h6-8,11H,3-5,9-10H2,1-2H3,(H,18,20)(H2,17,19,23)/t11-/m0/s1. The fourth-order valence-electron chi connectivity index (χ4n) is 2.50. The maximum Gasteiger partial charge on any atom is 0.276 e. The molecule has 1 aromatic rings. The Balaban J connectivity index is 1.68. The second-order valence-corrected chi connectivity index (χ2v) is 5.98. The van der Waals surface area contributed by atoms with E-state index in [-0.39, 0.29) is 18.6 Å². The van der Waals surface area contributed by atoms with E-state index in [1.54, 1.807) is 7.11 Å². The van der Waals surface area contributed by atoms with Gasteiger partial charge in [0.05, 0.1) is 6.61 Å². The van der Waals surface area contributed by atoms with Crippen LogP contribution in [0.2, 0.25) is 0 Å². The molecular weight excluding hydrogens is 314 g/mol. The number of hydrogen-bond acceptors (Lipinski definition) is 4. The van der Waals surface area contributed by atoms with Crippen molar-refractivity contribution in [2.75, 3.05) is 20.3 Å². The molecule has 0 saturated carbocycles. The van der Waals surface area contributed by atoms with Gasteiger partial charge in [-0.3, -0.25) is 15.6 Å². The molecule has 0 aromatic heterocycles. The van der Waals surface area contributed by atoms with Crippen LogP contribution in [0.25, 0.3) is 0 Å². The zero-order valence-electron chi connectivity index (χ0n) is 13.5. The van der Waals surface area contributed by atoms with Crippen molar-refractivity contribution in [1.82, 2.24) is 16.2 Å². The number of thiocarbonyl (C=S) groups is 1. The van der Waals surface area contributed by atoms with E-state index in [2.05, 4.69) is 22.2 Å². The number of fused-ring (bicyclic) bond motifs is 1. The molecule has 0 bridgehead atoms. The molecule has 1 aromatic carbocycles. The number of hydrazine groups is 1. The largest absolute Gasteiger partial charge is 0.484 e. The van der Waals surface area contributed by atoms with Crippen molar-refractivity contribution in [2.24, 2.45) is 0 Å². The highest BCUT2D eigenvalue weighted by Gasteiger charge is 2.12. The summed E-state index contributed by atoms with van der Waals surface area (Å²) in [5, 5.41) is 3.31. The Morgan fingerprint density at radius 1 is 1.30 bits per heavy atom. The summed E-state index contributed by atoms with van der Waals surface area (Å²) in [5.41, 5.74) is 7.83. The van der Waals surface area contributed by atoms with Gasteiger partial charge in [-0.05, 0) is 61.7 Å². The first-order valence-electron chi connectivity index (χ1n) is 7.67. The smallest absolute Gasteiger partial charge is 0.276 e. The summed E-state index contributed by atoms with van der Waals surface area (Å²) >= 11 is 5.06. The number of carbonyl (C=O) groups excluding carboxylic acids is 1. The second kappa shape index (κ2) is 8.69. The third kappa shape index (κ3) is 5.69. The number of hydrogen-bond donors (Lipinski definition) is 3. The summed E-state index contributed by atoms with van der Waals surface area (Å²) in [6.07, 6.45) is 3.40. The molecule has 1 aliphatic rings. The molecule has 0 heterocycles. The predicted molar refractivity (Wildman–Crippen MR) is 92.3 cm³/mol. The fraction of sp³-hybridized carbons (Fsp3) is 0.500. The zero-order chi connectivity index (χ0) is 16.7. The molecule has 126 valence electrons. The van der Waals surface area contributed by atoms with Crippen LogP contribution in [0.3, 0.4) is 0 Å². The van der Waals surface area contributed by atoms with Gasteiger partial charge >= 0.3 is 0 Å². The molecule has 0 unspecified atom stereocenters. The summed E-state index contributed by atoms with van der Waals surface area (Å²) in [4.78, 5) is 11.8. The van der Waals surface area contributed by atoms with Crippen molar-refractivity contribution in [3.05, 3.63) is 29.3 Å². The van der Waals surface area contributed by atoms with Crippen LogP contribution in [0.1, 0.15) is 24.5 Å².